The molecule has 1 atom stereocenters. The predicted octanol–water partition coefficient (Wildman–Crippen LogP) is 3.13. The third-order valence-corrected chi connectivity index (χ3v) is 4.94. The summed E-state index contributed by atoms with van der Waals surface area (Å²) in [7, 11) is 1.68. The number of halogens is 4. The number of alkyl halides is 3. The van der Waals surface area contributed by atoms with Gasteiger partial charge in [0.2, 0.25) is 0 Å². The molecule has 29 heavy (non-hydrogen) atoms. The standard InChI is InChI=1S/C19H25F3N6.HI/c1-15(19(20,21)22)26-10-12-27(13-11-26)18(23-2)24-14-16-8-9-28(25-16)17-6-4-3-5-7-17;/h3-9,15H,10-14H2,1-2H3,(H,23,24);1H. The zero-order valence-corrected chi connectivity index (χ0v) is 18.8. The summed E-state index contributed by atoms with van der Waals surface area (Å²) in [5.41, 5.74) is 1.84. The van der Waals surface area contributed by atoms with Crippen LogP contribution < -0.4 is 5.32 Å². The molecule has 1 aliphatic heterocycles. The highest BCUT2D eigenvalue weighted by molar-refractivity contribution is 14.0. The first-order valence-corrected chi connectivity index (χ1v) is 9.25. The molecule has 0 amide bonds. The van der Waals surface area contributed by atoms with Gasteiger partial charge in [-0.15, -0.1) is 24.0 Å². The molecule has 0 bridgehead atoms. The summed E-state index contributed by atoms with van der Waals surface area (Å²) in [5.74, 6) is 0.675. The van der Waals surface area contributed by atoms with Crippen LogP contribution in [0.1, 0.15) is 12.6 Å². The molecule has 1 aromatic heterocycles. The number of aromatic nitrogens is 2. The van der Waals surface area contributed by atoms with E-state index in [9.17, 15) is 13.2 Å². The Morgan fingerprint density at radius 3 is 2.38 bits per heavy atom. The van der Waals surface area contributed by atoms with Crippen molar-refractivity contribution in [3.63, 3.8) is 0 Å². The van der Waals surface area contributed by atoms with Crippen molar-refractivity contribution in [2.75, 3.05) is 33.2 Å². The second kappa shape index (κ2) is 10.3. The first kappa shape index (κ1) is 23.5. The molecule has 1 fully saturated rings. The van der Waals surface area contributed by atoms with Crippen LogP contribution in [0.2, 0.25) is 0 Å². The van der Waals surface area contributed by atoms with Crippen LogP contribution >= 0.6 is 24.0 Å². The average Bonchev–Trinajstić information content (AvgIpc) is 3.17. The zero-order valence-electron chi connectivity index (χ0n) is 16.4. The summed E-state index contributed by atoms with van der Waals surface area (Å²) in [5, 5.41) is 7.80. The fourth-order valence-electron chi connectivity index (χ4n) is 3.21. The van der Waals surface area contributed by atoms with Gasteiger partial charge in [-0.25, -0.2) is 4.68 Å². The molecule has 1 aromatic carbocycles. The Kier molecular flexibility index (Phi) is 8.32. The fourth-order valence-corrected chi connectivity index (χ4v) is 3.21. The number of hydrogen-bond acceptors (Lipinski definition) is 3. The molecule has 1 N–H and O–H groups in total. The number of aliphatic imine (C=N–C) groups is 1. The molecule has 10 heteroatoms. The quantitative estimate of drug-likeness (QED) is 0.381. The molecule has 3 rings (SSSR count). The maximum atomic E-state index is 12.9. The smallest absolute Gasteiger partial charge is 0.351 e. The molecule has 1 saturated heterocycles. The van der Waals surface area contributed by atoms with Crippen molar-refractivity contribution in [1.82, 2.24) is 24.9 Å². The van der Waals surface area contributed by atoms with Crippen LogP contribution in [0.25, 0.3) is 5.69 Å². The van der Waals surface area contributed by atoms with Gasteiger partial charge in [-0.2, -0.15) is 18.3 Å². The maximum Gasteiger partial charge on any atom is 0.403 e. The summed E-state index contributed by atoms with van der Waals surface area (Å²) in [6.45, 7) is 3.41. The van der Waals surface area contributed by atoms with Gasteiger partial charge >= 0.3 is 6.18 Å². The molecule has 0 aliphatic carbocycles. The largest absolute Gasteiger partial charge is 0.403 e. The number of nitrogens with one attached hydrogen (secondary N) is 1. The van der Waals surface area contributed by atoms with Crippen molar-refractivity contribution in [2.24, 2.45) is 4.99 Å². The lowest BCUT2D eigenvalue weighted by atomic mass is 10.2. The van der Waals surface area contributed by atoms with Gasteiger partial charge in [0.25, 0.3) is 0 Å². The van der Waals surface area contributed by atoms with Gasteiger partial charge in [-0.3, -0.25) is 9.89 Å². The van der Waals surface area contributed by atoms with Crippen molar-refractivity contribution in [1.29, 1.82) is 0 Å². The van der Waals surface area contributed by atoms with Crippen LogP contribution in [-0.2, 0) is 6.54 Å². The van der Waals surface area contributed by atoms with Gasteiger partial charge < -0.3 is 10.2 Å². The van der Waals surface area contributed by atoms with Crippen molar-refractivity contribution < 1.29 is 13.2 Å². The summed E-state index contributed by atoms with van der Waals surface area (Å²) in [6.07, 6.45) is -2.30. The normalized spacial score (nSPS) is 17.0. The predicted molar refractivity (Wildman–Crippen MR) is 118 cm³/mol. The molecule has 0 saturated carbocycles. The first-order valence-electron chi connectivity index (χ1n) is 9.25. The number of piperazine rings is 1. The van der Waals surface area contributed by atoms with E-state index in [1.807, 2.05) is 47.5 Å². The van der Waals surface area contributed by atoms with E-state index >= 15 is 0 Å². The third-order valence-electron chi connectivity index (χ3n) is 4.94. The molecule has 6 nitrogen and oxygen atoms in total. The Balaban J connectivity index is 0.00000300. The molecule has 160 valence electrons. The van der Waals surface area contributed by atoms with Crippen LogP contribution in [0.5, 0.6) is 0 Å². The molecule has 0 radical (unpaired) electrons. The molecule has 0 spiro atoms. The average molecular weight is 522 g/mol. The second-order valence-electron chi connectivity index (χ2n) is 6.73. The Morgan fingerprint density at radius 2 is 1.79 bits per heavy atom. The molecule has 2 heterocycles. The Labute approximate surface area is 185 Å². The van der Waals surface area contributed by atoms with Crippen LogP contribution in [0.4, 0.5) is 13.2 Å². The van der Waals surface area contributed by atoms with Gasteiger partial charge in [0.15, 0.2) is 5.96 Å². The number of rotatable bonds is 4. The summed E-state index contributed by atoms with van der Waals surface area (Å²) in [6, 6.07) is 10.3. The zero-order chi connectivity index (χ0) is 20.1. The molecule has 1 aliphatic rings. The topological polar surface area (TPSA) is 48.7 Å². The molecular formula is C19H26F3IN6. The van der Waals surface area contributed by atoms with Crippen molar-refractivity contribution in [2.45, 2.75) is 25.7 Å². The number of nitrogens with zero attached hydrogens (tertiary/aromatic N) is 5. The lowest BCUT2D eigenvalue weighted by Crippen LogP contribution is -2.56. The van der Waals surface area contributed by atoms with Gasteiger partial charge in [0.05, 0.1) is 17.9 Å². The summed E-state index contributed by atoms with van der Waals surface area (Å²) >= 11 is 0. The van der Waals surface area contributed by atoms with Crippen molar-refractivity contribution in [3.8, 4) is 5.69 Å². The highest BCUT2D eigenvalue weighted by atomic mass is 127. The SMILES string of the molecule is CN=C(NCc1ccn(-c2ccccc2)n1)N1CCN(C(C)C(F)(F)F)CC1.I. The van der Waals surface area contributed by atoms with Crippen LogP contribution in [0, 0.1) is 0 Å². The lowest BCUT2D eigenvalue weighted by molar-refractivity contribution is -0.181. The van der Waals surface area contributed by atoms with E-state index in [-0.39, 0.29) is 24.0 Å². The maximum absolute atomic E-state index is 12.9. The minimum Gasteiger partial charge on any atom is -0.351 e. The van der Waals surface area contributed by atoms with Crippen LogP contribution in [0.15, 0.2) is 47.6 Å². The van der Waals surface area contributed by atoms with Gasteiger partial charge in [0.1, 0.15) is 6.04 Å². The van der Waals surface area contributed by atoms with Gasteiger partial charge in [0, 0.05) is 39.4 Å². The van der Waals surface area contributed by atoms with E-state index in [2.05, 4.69) is 15.4 Å². The monoisotopic (exact) mass is 522 g/mol. The number of para-hydroxylation sites is 1. The van der Waals surface area contributed by atoms with Gasteiger partial charge in [-0.1, -0.05) is 18.2 Å². The van der Waals surface area contributed by atoms with E-state index in [1.54, 1.807) is 11.7 Å². The second-order valence-corrected chi connectivity index (χ2v) is 6.73. The molecule has 1 unspecified atom stereocenters. The number of guanidine groups is 1. The highest BCUT2D eigenvalue weighted by Gasteiger charge is 2.41. The summed E-state index contributed by atoms with van der Waals surface area (Å²) in [4.78, 5) is 7.71. The van der Waals surface area contributed by atoms with E-state index in [1.165, 1.54) is 11.8 Å². The Morgan fingerprint density at radius 1 is 1.14 bits per heavy atom. The molecule has 2 aromatic rings. The minimum absolute atomic E-state index is 0. The Hall–Kier alpha value is -1.82. The third kappa shape index (κ3) is 6.08. The number of hydrogen-bond donors (Lipinski definition) is 1. The Bertz CT molecular complexity index is 785. The minimum atomic E-state index is -4.19. The van der Waals surface area contributed by atoms with E-state index < -0.39 is 12.2 Å². The van der Waals surface area contributed by atoms with Crippen LogP contribution in [-0.4, -0.2) is 71.0 Å². The van der Waals surface area contributed by atoms with Crippen molar-refractivity contribution >= 4 is 29.9 Å². The highest BCUT2D eigenvalue weighted by Crippen LogP contribution is 2.25. The number of benzene rings is 1. The van der Waals surface area contributed by atoms with E-state index in [4.69, 9.17) is 0 Å². The summed E-state index contributed by atoms with van der Waals surface area (Å²) < 4.78 is 40.5. The van der Waals surface area contributed by atoms with E-state index in [0.29, 0.717) is 38.7 Å². The molecular weight excluding hydrogens is 496 g/mol. The van der Waals surface area contributed by atoms with E-state index in [0.717, 1.165) is 11.4 Å². The first-order chi connectivity index (χ1) is 13.4. The van der Waals surface area contributed by atoms with Crippen molar-refractivity contribution in [3.05, 3.63) is 48.3 Å². The van der Waals surface area contributed by atoms with Gasteiger partial charge in [-0.05, 0) is 25.1 Å². The van der Waals surface area contributed by atoms with Crippen LogP contribution in [0.3, 0.4) is 0 Å². The lowest BCUT2D eigenvalue weighted by Gasteiger charge is -2.39. The fraction of sp³-hybridized carbons (Fsp3) is 0.474.